The van der Waals surface area contributed by atoms with Crippen molar-refractivity contribution in [2.24, 2.45) is 0 Å². The summed E-state index contributed by atoms with van der Waals surface area (Å²) in [7, 11) is 0. The number of ketones is 1. The molecule has 1 rings (SSSR count). The molecule has 0 aliphatic heterocycles. The number of carbonyl (C=O) groups is 1. The van der Waals surface area contributed by atoms with E-state index in [-0.39, 0.29) is 5.78 Å². The lowest BCUT2D eigenvalue weighted by molar-refractivity contribution is -0.117. The fraction of sp³-hybridized carbons (Fsp3) is 0.600. The average molecular weight is 306 g/mol. The first kappa shape index (κ1) is 11.7. The first-order valence-corrected chi connectivity index (χ1v) is 5.73. The summed E-state index contributed by atoms with van der Waals surface area (Å²) >= 11 is 2.23. The van der Waals surface area contributed by atoms with Crippen molar-refractivity contribution in [2.75, 3.05) is 0 Å². The maximum atomic E-state index is 11.0. The summed E-state index contributed by atoms with van der Waals surface area (Å²) < 4.78 is 2.80. The van der Waals surface area contributed by atoms with Gasteiger partial charge in [-0.15, -0.1) is 0 Å². The largest absolute Gasteiger partial charge is 0.298 e. The molecule has 1 aromatic rings. The van der Waals surface area contributed by atoms with Crippen molar-refractivity contribution in [3.8, 4) is 0 Å². The zero-order valence-electron chi connectivity index (χ0n) is 8.97. The monoisotopic (exact) mass is 306 g/mol. The third-order valence-electron chi connectivity index (χ3n) is 2.16. The summed E-state index contributed by atoms with van der Waals surface area (Å²) in [6, 6.07) is 0. The summed E-state index contributed by atoms with van der Waals surface area (Å²) in [6.07, 6.45) is 0. The van der Waals surface area contributed by atoms with Crippen molar-refractivity contribution in [1.82, 2.24) is 9.78 Å². The van der Waals surface area contributed by atoms with Crippen LogP contribution >= 0.6 is 22.6 Å². The van der Waals surface area contributed by atoms with E-state index in [9.17, 15) is 4.79 Å². The second kappa shape index (κ2) is 4.42. The van der Waals surface area contributed by atoms with Gasteiger partial charge in [0.1, 0.15) is 3.70 Å². The van der Waals surface area contributed by atoms with Gasteiger partial charge in [0.25, 0.3) is 0 Å². The van der Waals surface area contributed by atoms with E-state index in [1.54, 1.807) is 11.6 Å². The maximum Gasteiger partial charge on any atom is 0.151 e. The number of aromatic nitrogens is 2. The minimum Gasteiger partial charge on any atom is -0.298 e. The van der Waals surface area contributed by atoms with Gasteiger partial charge in [0.2, 0.25) is 0 Å². The van der Waals surface area contributed by atoms with Gasteiger partial charge in [0.05, 0.1) is 6.54 Å². The molecule has 0 radical (unpaired) electrons. The Labute approximate surface area is 98.0 Å². The first-order valence-electron chi connectivity index (χ1n) is 4.65. The Morgan fingerprint density at radius 2 is 2.14 bits per heavy atom. The number of halogens is 1. The lowest BCUT2D eigenvalue weighted by atomic mass is 10.1. The topological polar surface area (TPSA) is 34.9 Å². The van der Waals surface area contributed by atoms with E-state index in [1.807, 2.05) is 6.92 Å². The fourth-order valence-corrected chi connectivity index (χ4v) is 2.82. The lowest BCUT2D eigenvalue weighted by Gasteiger charge is -2.05. The molecule has 78 valence electrons. The molecule has 0 atom stereocenters. The molecule has 0 saturated heterocycles. The minimum atomic E-state index is 0.141. The Balaban J connectivity index is 3.10. The van der Waals surface area contributed by atoms with Crippen LogP contribution in [0, 0.1) is 10.6 Å². The van der Waals surface area contributed by atoms with Gasteiger partial charge in [0, 0.05) is 11.3 Å². The van der Waals surface area contributed by atoms with Gasteiger partial charge in [-0.05, 0) is 42.4 Å². The van der Waals surface area contributed by atoms with Crippen LogP contribution in [0.3, 0.4) is 0 Å². The molecule has 1 heterocycles. The standard InChI is InChI=1S/C10H15IN2O/c1-6(2)9-8(4)13(5-7(3)14)12-10(9)11/h6H,5H2,1-4H3. The predicted octanol–water partition coefficient (Wildman–Crippen LogP) is 2.51. The van der Waals surface area contributed by atoms with Crippen molar-refractivity contribution >= 4 is 28.4 Å². The Morgan fingerprint density at radius 3 is 2.50 bits per heavy atom. The van der Waals surface area contributed by atoms with E-state index in [1.165, 1.54) is 5.56 Å². The molecule has 0 aliphatic carbocycles. The molecular weight excluding hydrogens is 291 g/mol. The van der Waals surface area contributed by atoms with Gasteiger partial charge < -0.3 is 0 Å². The molecule has 0 fully saturated rings. The molecule has 0 bridgehead atoms. The molecule has 0 aromatic carbocycles. The zero-order chi connectivity index (χ0) is 10.9. The molecule has 14 heavy (non-hydrogen) atoms. The highest BCUT2D eigenvalue weighted by Gasteiger charge is 2.15. The van der Waals surface area contributed by atoms with Crippen LogP contribution in [-0.2, 0) is 11.3 Å². The third-order valence-corrected chi connectivity index (χ3v) is 2.95. The summed E-state index contributed by atoms with van der Waals surface area (Å²) in [5.74, 6) is 0.602. The van der Waals surface area contributed by atoms with Crippen LogP contribution < -0.4 is 0 Å². The predicted molar refractivity (Wildman–Crippen MR) is 64.5 cm³/mol. The van der Waals surface area contributed by atoms with Gasteiger partial charge in [-0.3, -0.25) is 9.48 Å². The highest BCUT2D eigenvalue weighted by atomic mass is 127. The van der Waals surface area contributed by atoms with E-state index in [4.69, 9.17) is 0 Å². The van der Waals surface area contributed by atoms with Crippen LogP contribution in [0.25, 0.3) is 0 Å². The second-order valence-corrected chi connectivity index (χ2v) is 4.83. The molecule has 0 amide bonds. The third kappa shape index (κ3) is 2.34. The van der Waals surface area contributed by atoms with Crippen LogP contribution in [0.5, 0.6) is 0 Å². The maximum absolute atomic E-state index is 11.0. The molecule has 1 aromatic heterocycles. The van der Waals surface area contributed by atoms with Crippen LogP contribution in [0.15, 0.2) is 0 Å². The van der Waals surface area contributed by atoms with Gasteiger partial charge >= 0.3 is 0 Å². The quantitative estimate of drug-likeness (QED) is 0.804. The highest BCUT2D eigenvalue weighted by molar-refractivity contribution is 14.1. The number of Topliss-reactive ketones (excluding diaryl/α,β-unsaturated/α-hetero) is 1. The van der Waals surface area contributed by atoms with Crippen LogP contribution in [0.1, 0.15) is 37.9 Å². The Morgan fingerprint density at radius 1 is 1.57 bits per heavy atom. The molecule has 4 heteroatoms. The van der Waals surface area contributed by atoms with Crippen LogP contribution in [-0.4, -0.2) is 15.6 Å². The molecule has 0 N–H and O–H groups in total. The van der Waals surface area contributed by atoms with Crippen molar-refractivity contribution < 1.29 is 4.79 Å². The van der Waals surface area contributed by atoms with Crippen molar-refractivity contribution in [3.05, 3.63) is 15.0 Å². The van der Waals surface area contributed by atoms with E-state index < -0.39 is 0 Å². The van der Waals surface area contributed by atoms with Crippen molar-refractivity contribution in [3.63, 3.8) is 0 Å². The van der Waals surface area contributed by atoms with E-state index in [0.717, 1.165) is 9.39 Å². The zero-order valence-corrected chi connectivity index (χ0v) is 11.1. The fourth-order valence-electron chi connectivity index (χ4n) is 1.54. The summed E-state index contributed by atoms with van der Waals surface area (Å²) in [5, 5.41) is 4.35. The SMILES string of the molecule is CC(=O)Cn1nc(I)c(C(C)C)c1C. The van der Waals surface area contributed by atoms with Gasteiger partial charge in [-0.1, -0.05) is 13.8 Å². The Hall–Kier alpha value is -0.390. The van der Waals surface area contributed by atoms with Crippen LogP contribution in [0.2, 0.25) is 0 Å². The van der Waals surface area contributed by atoms with E-state index >= 15 is 0 Å². The number of rotatable bonds is 3. The van der Waals surface area contributed by atoms with Gasteiger partial charge in [-0.25, -0.2) is 0 Å². The summed E-state index contributed by atoms with van der Waals surface area (Å²) in [6.45, 7) is 8.28. The Kier molecular flexibility index (Phi) is 3.69. The van der Waals surface area contributed by atoms with Gasteiger partial charge in [-0.2, -0.15) is 5.10 Å². The van der Waals surface area contributed by atoms with Crippen LogP contribution in [0.4, 0.5) is 0 Å². The van der Waals surface area contributed by atoms with Crippen molar-refractivity contribution in [1.29, 1.82) is 0 Å². The summed E-state index contributed by atoms with van der Waals surface area (Å²) in [5.41, 5.74) is 2.37. The molecule has 0 aliphatic rings. The second-order valence-electron chi connectivity index (χ2n) is 3.80. The normalized spacial score (nSPS) is 11.0. The average Bonchev–Trinajstić information content (AvgIpc) is 2.25. The number of nitrogens with zero attached hydrogens (tertiary/aromatic N) is 2. The number of carbonyl (C=O) groups excluding carboxylic acids is 1. The summed E-state index contributed by atoms with van der Waals surface area (Å²) in [4.78, 5) is 11.0. The van der Waals surface area contributed by atoms with E-state index in [2.05, 4.69) is 41.5 Å². The van der Waals surface area contributed by atoms with Gasteiger partial charge in [0.15, 0.2) is 5.78 Å². The molecule has 3 nitrogen and oxygen atoms in total. The molecule has 0 unspecified atom stereocenters. The highest BCUT2D eigenvalue weighted by Crippen LogP contribution is 2.24. The number of hydrogen-bond acceptors (Lipinski definition) is 2. The van der Waals surface area contributed by atoms with E-state index in [0.29, 0.717) is 12.5 Å². The Bertz CT molecular complexity index is 355. The minimum absolute atomic E-state index is 0.141. The lowest BCUT2D eigenvalue weighted by Crippen LogP contribution is -2.09. The smallest absolute Gasteiger partial charge is 0.151 e. The molecule has 0 saturated carbocycles. The van der Waals surface area contributed by atoms with Crippen molar-refractivity contribution in [2.45, 2.75) is 40.2 Å². The molecular formula is C10H15IN2O. The number of hydrogen-bond donors (Lipinski definition) is 0. The first-order chi connectivity index (χ1) is 6.43. The molecule has 0 spiro atoms.